The SMILES string of the molecule is COCC[N+](CCCS(=O)(=O)[O-])=c1ccc2c(/C=C/C=C3/N(CCOCCC(=O)O)c4ccc(S(=O)(=O)[O-])cc4C3(C)CCCS(=O)(=O)[O-])ccoc-2c1. The lowest BCUT2D eigenvalue weighted by atomic mass is 9.77. The molecule has 0 amide bonds. The van der Waals surface area contributed by atoms with Crippen molar-refractivity contribution in [2.45, 2.75) is 42.9 Å². The fourth-order valence-corrected chi connectivity index (χ4v) is 7.89. The molecule has 0 bridgehead atoms. The van der Waals surface area contributed by atoms with Gasteiger partial charge < -0.3 is 37.6 Å². The molecule has 1 aromatic carbocycles. The summed E-state index contributed by atoms with van der Waals surface area (Å²) in [4.78, 5) is 12.3. The van der Waals surface area contributed by atoms with Crippen molar-refractivity contribution in [2.75, 3.05) is 63.0 Å². The fraction of sp³-hybridized carbons (Fsp3) is 0.429. The highest BCUT2D eigenvalue weighted by molar-refractivity contribution is 7.86. The lowest BCUT2D eigenvalue weighted by Crippen LogP contribution is -2.34. The summed E-state index contributed by atoms with van der Waals surface area (Å²) in [5, 5.41) is 9.71. The number of fused-ring (bicyclic) bond motifs is 2. The number of methoxy groups -OCH3 is 1. The molecule has 296 valence electrons. The first-order valence-electron chi connectivity index (χ1n) is 16.8. The minimum atomic E-state index is -4.87. The molecule has 16 nitrogen and oxygen atoms in total. The van der Waals surface area contributed by atoms with E-state index in [2.05, 4.69) is 0 Å². The van der Waals surface area contributed by atoms with E-state index in [-0.39, 0.29) is 52.0 Å². The molecular weight excluding hydrogens is 769 g/mol. The molecule has 4 rings (SSSR count). The normalized spacial score (nSPS) is 17.8. The fourth-order valence-electron chi connectivity index (χ4n) is 6.42. The van der Waals surface area contributed by atoms with Gasteiger partial charge in [-0.3, -0.25) is 4.79 Å². The molecule has 1 N–H and O–H groups in total. The van der Waals surface area contributed by atoms with E-state index in [1.165, 1.54) is 31.6 Å². The molecule has 54 heavy (non-hydrogen) atoms. The van der Waals surface area contributed by atoms with E-state index >= 15 is 0 Å². The number of anilines is 1. The van der Waals surface area contributed by atoms with E-state index in [0.29, 0.717) is 35.9 Å². The van der Waals surface area contributed by atoms with Crippen molar-refractivity contribution in [3.63, 3.8) is 0 Å². The Morgan fingerprint density at radius 1 is 0.944 bits per heavy atom. The Labute approximate surface area is 314 Å². The van der Waals surface area contributed by atoms with Gasteiger partial charge in [0, 0.05) is 60.0 Å². The second kappa shape index (κ2) is 18.1. The summed E-state index contributed by atoms with van der Waals surface area (Å²) >= 11 is 0. The van der Waals surface area contributed by atoms with E-state index in [1.807, 2.05) is 21.6 Å². The van der Waals surface area contributed by atoms with Crippen LogP contribution in [0.2, 0.25) is 0 Å². The Bertz CT molecular complexity index is 2250. The highest BCUT2D eigenvalue weighted by Crippen LogP contribution is 2.51. The number of rotatable bonds is 20. The van der Waals surface area contributed by atoms with Crippen LogP contribution in [-0.2, 0) is 50.0 Å². The molecule has 0 saturated carbocycles. The lowest BCUT2D eigenvalue weighted by Gasteiger charge is -2.30. The van der Waals surface area contributed by atoms with Gasteiger partial charge in [0.25, 0.3) is 0 Å². The molecule has 3 aliphatic rings. The quantitative estimate of drug-likeness (QED) is 0.0976. The van der Waals surface area contributed by atoms with Gasteiger partial charge in [0.15, 0.2) is 6.54 Å². The van der Waals surface area contributed by atoms with E-state index < -0.39 is 58.1 Å². The molecular formula is C35H42N2O14S3-2. The van der Waals surface area contributed by atoms with Crippen molar-refractivity contribution in [1.82, 2.24) is 4.58 Å². The van der Waals surface area contributed by atoms with E-state index in [0.717, 1.165) is 16.5 Å². The molecule has 0 fully saturated rings. The van der Waals surface area contributed by atoms with Gasteiger partial charge in [-0.15, -0.1) is 0 Å². The maximum atomic E-state index is 12.0. The van der Waals surface area contributed by atoms with Crippen LogP contribution in [0.1, 0.15) is 43.7 Å². The molecule has 1 aliphatic carbocycles. The first-order chi connectivity index (χ1) is 25.3. The zero-order chi connectivity index (χ0) is 39.7. The second-order valence-electron chi connectivity index (χ2n) is 12.8. The Hall–Kier alpha value is -3.95. The van der Waals surface area contributed by atoms with Crippen LogP contribution in [0.5, 0.6) is 0 Å². The summed E-state index contributed by atoms with van der Waals surface area (Å²) in [6.07, 6.45) is 6.72. The first kappa shape index (κ1) is 42.8. The number of hydrogen-bond donors (Lipinski definition) is 1. The van der Waals surface area contributed by atoms with Crippen molar-refractivity contribution >= 4 is 48.1 Å². The highest BCUT2D eigenvalue weighted by atomic mass is 32.2. The molecule has 1 atom stereocenters. The second-order valence-corrected chi connectivity index (χ2v) is 17.2. The third kappa shape index (κ3) is 11.8. The van der Waals surface area contributed by atoms with E-state index in [4.69, 9.17) is 19.0 Å². The number of benzene rings is 2. The molecule has 0 aromatic heterocycles. The van der Waals surface area contributed by atoms with Gasteiger partial charge in [-0.2, -0.15) is 0 Å². The zero-order valence-corrected chi connectivity index (χ0v) is 32.2. The highest BCUT2D eigenvalue weighted by Gasteiger charge is 2.43. The zero-order valence-electron chi connectivity index (χ0n) is 29.7. The number of nitrogens with zero attached hydrogens (tertiary/aromatic N) is 2. The predicted octanol–water partition coefficient (Wildman–Crippen LogP) is 2.13. The smallest absolute Gasteiger partial charge is 0.305 e. The Balaban J connectivity index is 1.77. The maximum absolute atomic E-state index is 12.0. The summed E-state index contributed by atoms with van der Waals surface area (Å²) in [5.74, 6) is -1.70. The molecule has 0 spiro atoms. The number of hydrogen-bond acceptors (Lipinski definition) is 14. The van der Waals surface area contributed by atoms with Crippen LogP contribution in [0.15, 0.2) is 75.9 Å². The minimum absolute atomic E-state index is 0.0546. The van der Waals surface area contributed by atoms with Crippen molar-refractivity contribution in [2.24, 2.45) is 0 Å². The van der Waals surface area contributed by atoms with Gasteiger partial charge in [0.1, 0.15) is 29.0 Å². The number of ether oxygens (including phenoxy) is 2. The van der Waals surface area contributed by atoms with Gasteiger partial charge in [-0.1, -0.05) is 12.2 Å². The van der Waals surface area contributed by atoms with E-state index in [1.54, 1.807) is 37.3 Å². The van der Waals surface area contributed by atoms with Crippen molar-refractivity contribution in [3.05, 3.63) is 83.1 Å². The van der Waals surface area contributed by atoms with Crippen LogP contribution in [0.25, 0.3) is 17.4 Å². The predicted molar refractivity (Wildman–Crippen MR) is 194 cm³/mol. The monoisotopic (exact) mass is 810 g/mol. The Morgan fingerprint density at radius 2 is 1.67 bits per heavy atom. The van der Waals surface area contributed by atoms with E-state index in [9.17, 15) is 43.7 Å². The molecule has 0 radical (unpaired) electrons. The number of aliphatic carboxylic acids is 1. The molecule has 0 saturated heterocycles. The Morgan fingerprint density at radius 3 is 2.33 bits per heavy atom. The summed E-state index contributed by atoms with van der Waals surface area (Å²) in [6, 6.07) is 11.1. The third-order valence-corrected chi connectivity index (χ3v) is 11.4. The molecule has 19 heteroatoms. The number of carbonyl (C=O) groups is 1. The lowest BCUT2D eigenvalue weighted by molar-refractivity contribution is -0.138. The minimum Gasteiger partial charge on any atom is -0.748 e. The molecule has 2 heterocycles. The number of allylic oxidation sites excluding steroid dienone is 3. The largest absolute Gasteiger partial charge is 0.748 e. The molecule has 1 unspecified atom stereocenters. The number of carboxylic acids is 1. The van der Waals surface area contributed by atoms with Gasteiger partial charge in [-0.25, -0.2) is 29.8 Å². The van der Waals surface area contributed by atoms with Crippen molar-refractivity contribution in [3.8, 4) is 11.3 Å². The van der Waals surface area contributed by atoms with Gasteiger partial charge in [0.2, 0.25) is 5.36 Å². The standard InChI is InChI=1S/C35H44N2O14S3/c1-35(14-4-22-52(40,41)42)30-25-28(54(46,47)48)9-11-31(30)37(17-21-50-18-13-34(38)39)33(35)7-3-6-26-12-19-51-32-24-27(8-10-29(26)32)36(16-20-49-2)15-5-23-53(43,44)45/h3,6-12,19,24-25H,4-5,13-18,20-23H2,1-2H3,(H3-,38,39,40,41,42,43,44,45,46,47,48)/p-2. The van der Waals surface area contributed by atoms with Crippen molar-refractivity contribution < 1.29 is 62.7 Å². The summed E-state index contributed by atoms with van der Waals surface area (Å²) in [6.45, 7) is 3.03. The molecule has 1 aromatic rings. The summed E-state index contributed by atoms with van der Waals surface area (Å²) in [7, 11) is -12.3. The van der Waals surface area contributed by atoms with Crippen LogP contribution < -0.4 is 14.8 Å². The maximum Gasteiger partial charge on any atom is 0.305 e. The first-order valence-corrected chi connectivity index (χ1v) is 21.4. The van der Waals surface area contributed by atoms with Crippen LogP contribution in [0.3, 0.4) is 0 Å². The van der Waals surface area contributed by atoms with Gasteiger partial charge in [-0.05, 0) is 67.3 Å². The summed E-state index contributed by atoms with van der Waals surface area (Å²) in [5.41, 5.74) is 1.91. The van der Waals surface area contributed by atoms with Crippen molar-refractivity contribution in [1.29, 1.82) is 0 Å². The van der Waals surface area contributed by atoms with Gasteiger partial charge in [0.05, 0.1) is 57.1 Å². The van der Waals surface area contributed by atoms with Crippen LogP contribution in [0, 0.1) is 0 Å². The van der Waals surface area contributed by atoms with Crippen LogP contribution in [-0.4, -0.2) is 108 Å². The van der Waals surface area contributed by atoms with Gasteiger partial charge >= 0.3 is 5.97 Å². The number of carboxylic acid groups (broad SMARTS) is 1. The topological polar surface area (TPSA) is 247 Å². The molecule has 2 aliphatic heterocycles. The average Bonchev–Trinajstić information content (AvgIpc) is 3.30. The van der Waals surface area contributed by atoms with Crippen LogP contribution >= 0.6 is 0 Å². The summed E-state index contributed by atoms with van der Waals surface area (Å²) < 4.78 is 123. The average molecular weight is 811 g/mol. The Kier molecular flexibility index (Phi) is 14.4. The van der Waals surface area contributed by atoms with Crippen LogP contribution in [0.4, 0.5) is 5.69 Å². The third-order valence-electron chi connectivity index (χ3n) is 8.99.